The monoisotopic (exact) mass is 306 g/mol. The summed E-state index contributed by atoms with van der Waals surface area (Å²) in [6.07, 6.45) is 6.50. The first kappa shape index (κ1) is 16.5. The second kappa shape index (κ2) is 8.58. The number of ether oxygens (including phenoxy) is 1. The molecule has 1 aliphatic heterocycles. The number of anilines is 1. The standard InChI is InChI=1S/C16H26N4O2/c1-13-7-3-4-11-20(13)12-6-10-18-16(21)19-14-8-5-9-17-15(14)22-2/h5,8-9,13H,3-4,6-7,10-12H2,1-2H3,(H2,18,19,21)/t13-/m1/s1. The van der Waals surface area contributed by atoms with Crippen molar-refractivity contribution in [2.24, 2.45) is 0 Å². The second-order valence-electron chi connectivity index (χ2n) is 5.68. The lowest BCUT2D eigenvalue weighted by molar-refractivity contribution is 0.159. The number of carbonyl (C=O) groups is 1. The predicted octanol–water partition coefficient (Wildman–Crippen LogP) is 2.48. The maximum atomic E-state index is 11.9. The number of pyridine rings is 1. The van der Waals surface area contributed by atoms with Gasteiger partial charge in [0.2, 0.25) is 5.88 Å². The van der Waals surface area contributed by atoms with Gasteiger partial charge in [0.1, 0.15) is 5.69 Å². The Hall–Kier alpha value is -1.82. The maximum absolute atomic E-state index is 11.9. The number of hydrogen-bond acceptors (Lipinski definition) is 4. The summed E-state index contributed by atoms with van der Waals surface area (Å²) < 4.78 is 5.10. The Morgan fingerprint density at radius 1 is 1.50 bits per heavy atom. The number of nitrogens with zero attached hydrogens (tertiary/aromatic N) is 2. The van der Waals surface area contributed by atoms with E-state index in [1.165, 1.54) is 32.9 Å². The fourth-order valence-electron chi connectivity index (χ4n) is 2.79. The summed E-state index contributed by atoms with van der Waals surface area (Å²) in [6.45, 7) is 5.17. The lowest BCUT2D eigenvalue weighted by Gasteiger charge is -2.33. The van der Waals surface area contributed by atoms with Crippen LogP contribution in [-0.4, -0.2) is 48.7 Å². The number of carbonyl (C=O) groups excluding carboxylic acids is 1. The van der Waals surface area contributed by atoms with Gasteiger partial charge in [-0.1, -0.05) is 6.42 Å². The zero-order valence-corrected chi connectivity index (χ0v) is 13.5. The van der Waals surface area contributed by atoms with Crippen LogP contribution >= 0.6 is 0 Å². The van der Waals surface area contributed by atoms with Crippen molar-refractivity contribution in [3.8, 4) is 5.88 Å². The summed E-state index contributed by atoms with van der Waals surface area (Å²) in [5, 5.41) is 5.63. The van der Waals surface area contributed by atoms with Crippen LogP contribution in [0.1, 0.15) is 32.6 Å². The van der Waals surface area contributed by atoms with E-state index in [0.717, 1.165) is 13.0 Å². The molecule has 6 heteroatoms. The van der Waals surface area contributed by atoms with Crippen molar-refractivity contribution in [2.75, 3.05) is 32.1 Å². The summed E-state index contributed by atoms with van der Waals surface area (Å²) >= 11 is 0. The van der Waals surface area contributed by atoms with Crippen LogP contribution in [0.2, 0.25) is 0 Å². The highest BCUT2D eigenvalue weighted by atomic mass is 16.5. The Morgan fingerprint density at radius 3 is 3.14 bits per heavy atom. The lowest BCUT2D eigenvalue weighted by Crippen LogP contribution is -2.39. The van der Waals surface area contributed by atoms with Crippen molar-refractivity contribution in [1.82, 2.24) is 15.2 Å². The van der Waals surface area contributed by atoms with Gasteiger partial charge in [-0.05, 0) is 44.9 Å². The summed E-state index contributed by atoms with van der Waals surface area (Å²) in [6, 6.07) is 3.97. The summed E-state index contributed by atoms with van der Waals surface area (Å²) in [7, 11) is 1.53. The Kier molecular flexibility index (Phi) is 6.45. The molecule has 122 valence electrons. The molecule has 0 aromatic carbocycles. The van der Waals surface area contributed by atoms with Crippen LogP contribution in [-0.2, 0) is 0 Å². The van der Waals surface area contributed by atoms with E-state index < -0.39 is 0 Å². The summed E-state index contributed by atoms with van der Waals surface area (Å²) in [5.41, 5.74) is 0.576. The van der Waals surface area contributed by atoms with E-state index in [0.29, 0.717) is 24.2 Å². The van der Waals surface area contributed by atoms with Gasteiger partial charge in [-0.15, -0.1) is 0 Å². The van der Waals surface area contributed by atoms with Crippen LogP contribution in [0.5, 0.6) is 5.88 Å². The molecule has 0 radical (unpaired) electrons. The fourth-order valence-corrected chi connectivity index (χ4v) is 2.79. The van der Waals surface area contributed by atoms with Gasteiger partial charge in [-0.3, -0.25) is 0 Å². The highest BCUT2D eigenvalue weighted by Gasteiger charge is 2.17. The first-order valence-electron chi connectivity index (χ1n) is 7.98. The number of amides is 2. The molecule has 0 unspecified atom stereocenters. The number of methoxy groups -OCH3 is 1. The number of aromatic nitrogens is 1. The van der Waals surface area contributed by atoms with E-state index in [-0.39, 0.29) is 6.03 Å². The van der Waals surface area contributed by atoms with Gasteiger partial charge in [0.25, 0.3) is 0 Å². The third-order valence-corrected chi connectivity index (χ3v) is 4.06. The van der Waals surface area contributed by atoms with Crippen molar-refractivity contribution in [2.45, 2.75) is 38.6 Å². The molecule has 2 rings (SSSR count). The molecule has 1 aromatic rings. The Morgan fingerprint density at radius 2 is 2.36 bits per heavy atom. The highest BCUT2D eigenvalue weighted by molar-refractivity contribution is 5.90. The largest absolute Gasteiger partial charge is 0.480 e. The van der Waals surface area contributed by atoms with Crippen LogP contribution in [0.15, 0.2) is 18.3 Å². The number of likely N-dealkylation sites (tertiary alicyclic amines) is 1. The van der Waals surface area contributed by atoms with E-state index in [1.807, 2.05) is 0 Å². The fraction of sp³-hybridized carbons (Fsp3) is 0.625. The number of nitrogens with one attached hydrogen (secondary N) is 2. The number of rotatable bonds is 6. The molecule has 22 heavy (non-hydrogen) atoms. The van der Waals surface area contributed by atoms with Gasteiger partial charge in [0.05, 0.1) is 7.11 Å². The molecule has 1 aliphatic rings. The second-order valence-corrected chi connectivity index (χ2v) is 5.68. The lowest BCUT2D eigenvalue weighted by atomic mass is 10.0. The molecular formula is C16H26N4O2. The number of piperidine rings is 1. The zero-order valence-electron chi connectivity index (χ0n) is 13.5. The van der Waals surface area contributed by atoms with Gasteiger partial charge >= 0.3 is 6.03 Å². The minimum absolute atomic E-state index is 0.224. The van der Waals surface area contributed by atoms with Gasteiger partial charge in [0.15, 0.2) is 0 Å². The summed E-state index contributed by atoms with van der Waals surface area (Å²) in [5.74, 6) is 0.416. The molecule has 1 saturated heterocycles. The molecule has 2 amide bonds. The SMILES string of the molecule is COc1ncccc1NC(=O)NCCCN1CCCC[C@H]1C. The third kappa shape index (κ3) is 4.87. The van der Waals surface area contributed by atoms with Crippen LogP contribution in [0.4, 0.5) is 10.5 Å². The molecule has 2 heterocycles. The van der Waals surface area contributed by atoms with Crippen LogP contribution in [0.25, 0.3) is 0 Å². The molecule has 1 fully saturated rings. The zero-order chi connectivity index (χ0) is 15.8. The molecule has 2 N–H and O–H groups in total. The number of urea groups is 1. The average Bonchev–Trinajstić information content (AvgIpc) is 2.53. The minimum Gasteiger partial charge on any atom is -0.480 e. The van der Waals surface area contributed by atoms with Crippen LogP contribution in [0, 0.1) is 0 Å². The predicted molar refractivity (Wildman–Crippen MR) is 87.3 cm³/mol. The molecule has 0 spiro atoms. The normalized spacial score (nSPS) is 18.7. The quantitative estimate of drug-likeness (QED) is 0.792. The molecular weight excluding hydrogens is 280 g/mol. The van der Waals surface area contributed by atoms with Crippen LogP contribution < -0.4 is 15.4 Å². The number of hydrogen-bond donors (Lipinski definition) is 2. The van der Waals surface area contributed by atoms with E-state index in [1.54, 1.807) is 18.3 Å². The Bertz CT molecular complexity index is 481. The molecule has 1 atom stereocenters. The Labute approximate surface area is 132 Å². The molecule has 0 bridgehead atoms. The van der Waals surface area contributed by atoms with Gasteiger partial charge in [-0.2, -0.15) is 0 Å². The summed E-state index contributed by atoms with van der Waals surface area (Å²) in [4.78, 5) is 18.4. The molecule has 0 saturated carbocycles. The van der Waals surface area contributed by atoms with Crippen molar-refractivity contribution >= 4 is 11.7 Å². The van der Waals surface area contributed by atoms with Gasteiger partial charge in [-0.25, -0.2) is 9.78 Å². The minimum atomic E-state index is -0.224. The first-order chi connectivity index (χ1) is 10.7. The Balaban J connectivity index is 1.67. The topological polar surface area (TPSA) is 66.5 Å². The van der Waals surface area contributed by atoms with Crippen molar-refractivity contribution < 1.29 is 9.53 Å². The molecule has 0 aliphatic carbocycles. The van der Waals surface area contributed by atoms with Crippen molar-refractivity contribution in [3.63, 3.8) is 0 Å². The maximum Gasteiger partial charge on any atom is 0.319 e. The smallest absolute Gasteiger partial charge is 0.319 e. The van der Waals surface area contributed by atoms with E-state index in [2.05, 4.69) is 27.4 Å². The van der Waals surface area contributed by atoms with E-state index in [9.17, 15) is 4.79 Å². The van der Waals surface area contributed by atoms with E-state index in [4.69, 9.17) is 4.74 Å². The van der Waals surface area contributed by atoms with Crippen molar-refractivity contribution in [3.05, 3.63) is 18.3 Å². The highest BCUT2D eigenvalue weighted by Crippen LogP contribution is 2.19. The van der Waals surface area contributed by atoms with Gasteiger partial charge in [0, 0.05) is 25.3 Å². The van der Waals surface area contributed by atoms with E-state index >= 15 is 0 Å². The molecule has 1 aromatic heterocycles. The average molecular weight is 306 g/mol. The van der Waals surface area contributed by atoms with Crippen molar-refractivity contribution in [1.29, 1.82) is 0 Å². The van der Waals surface area contributed by atoms with Crippen LogP contribution in [0.3, 0.4) is 0 Å². The van der Waals surface area contributed by atoms with Gasteiger partial charge < -0.3 is 20.3 Å². The first-order valence-corrected chi connectivity index (χ1v) is 7.98. The third-order valence-electron chi connectivity index (χ3n) is 4.06. The molecule has 6 nitrogen and oxygen atoms in total.